The van der Waals surface area contributed by atoms with Gasteiger partial charge in [0.05, 0.1) is 18.3 Å². The minimum atomic E-state index is -0.0911. The average Bonchev–Trinajstić information content (AvgIpc) is 2.51. The Bertz CT molecular complexity index is 303. The number of halogens is 1. The van der Waals surface area contributed by atoms with Crippen molar-refractivity contribution in [2.75, 3.05) is 25.5 Å². The molecule has 0 aliphatic rings. The summed E-state index contributed by atoms with van der Waals surface area (Å²) in [6.45, 7) is 0.224. The zero-order valence-electron chi connectivity index (χ0n) is 7.24. The molecular formula is C6H9ClN4OS. The van der Waals surface area contributed by atoms with Crippen LogP contribution in [0.15, 0.2) is 0 Å². The van der Waals surface area contributed by atoms with Crippen LogP contribution in [-0.4, -0.2) is 35.3 Å². The molecule has 7 heteroatoms. The molecule has 0 aliphatic carbocycles. The summed E-state index contributed by atoms with van der Waals surface area (Å²) in [5.74, 6) is 0.446. The number of hydrogen-bond acceptors (Lipinski definition) is 5. The number of nitrogens with zero attached hydrogens (tertiary/aromatic N) is 3. The lowest BCUT2D eigenvalue weighted by molar-refractivity contribution is -0.119. The van der Waals surface area contributed by atoms with Gasteiger partial charge in [-0.25, -0.2) is 0 Å². The van der Waals surface area contributed by atoms with Gasteiger partial charge in [-0.05, 0) is 0 Å². The summed E-state index contributed by atoms with van der Waals surface area (Å²) in [4.78, 5) is 12.6. The lowest BCUT2D eigenvalue weighted by atomic mass is 10.5. The van der Waals surface area contributed by atoms with Crippen molar-refractivity contribution < 1.29 is 4.79 Å². The van der Waals surface area contributed by atoms with Crippen molar-refractivity contribution in [3.05, 3.63) is 5.15 Å². The second-order valence-electron chi connectivity index (χ2n) is 2.41. The van der Waals surface area contributed by atoms with E-state index in [1.807, 2.05) is 0 Å². The van der Waals surface area contributed by atoms with E-state index in [1.54, 1.807) is 19.0 Å². The first-order valence-corrected chi connectivity index (χ1v) is 4.65. The average molecular weight is 221 g/mol. The lowest BCUT2D eigenvalue weighted by Crippen LogP contribution is -2.33. The van der Waals surface area contributed by atoms with Gasteiger partial charge < -0.3 is 10.2 Å². The van der Waals surface area contributed by atoms with Crippen LogP contribution in [0.2, 0.25) is 5.15 Å². The van der Waals surface area contributed by atoms with Crippen molar-refractivity contribution in [3.63, 3.8) is 0 Å². The first kappa shape index (κ1) is 10.2. The third kappa shape index (κ3) is 2.53. The second-order valence-corrected chi connectivity index (χ2v) is 3.29. The number of rotatable bonds is 3. The predicted molar refractivity (Wildman–Crippen MR) is 52.3 cm³/mol. The summed E-state index contributed by atoms with van der Waals surface area (Å²) in [6, 6.07) is 0. The first-order chi connectivity index (χ1) is 6.15. The summed E-state index contributed by atoms with van der Waals surface area (Å²) in [5.41, 5.74) is 0. The fraction of sp³-hybridized carbons (Fsp3) is 0.500. The standard InChI is InChI=1S/C6H9ClN4OS/c1-8-4(12)3-11(2)6-5(7)9-13-10-6/h3H2,1-2H3,(H,8,12). The maximum atomic E-state index is 11.0. The predicted octanol–water partition coefficient (Wildman–Crippen LogP) is 0.374. The molecule has 0 spiro atoms. The molecule has 1 rings (SSSR count). The topological polar surface area (TPSA) is 58.1 Å². The molecule has 0 fully saturated rings. The highest BCUT2D eigenvalue weighted by atomic mass is 35.5. The molecule has 1 amide bonds. The number of amides is 1. The van der Waals surface area contributed by atoms with E-state index in [0.29, 0.717) is 11.0 Å². The highest BCUT2D eigenvalue weighted by Gasteiger charge is 2.12. The number of carbonyl (C=O) groups excluding carboxylic acids is 1. The summed E-state index contributed by atoms with van der Waals surface area (Å²) in [7, 11) is 3.31. The highest BCUT2D eigenvalue weighted by molar-refractivity contribution is 6.99. The molecule has 1 N–H and O–H groups in total. The van der Waals surface area contributed by atoms with Gasteiger partial charge in [0.1, 0.15) is 0 Å². The van der Waals surface area contributed by atoms with Gasteiger partial charge in [-0.3, -0.25) is 4.79 Å². The van der Waals surface area contributed by atoms with E-state index in [0.717, 1.165) is 11.7 Å². The van der Waals surface area contributed by atoms with Crippen molar-refractivity contribution in [2.24, 2.45) is 0 Å². The van der Waals surface area contributed by atoms with Crippen LogP contribution < -0.4 is 10.2 Å². The van der Waals surface area contributed by atoms with Gasteiger partial charge in [0.25, 0.3) is 0 Å². The normalized spacial score (nSPS) is 9.77. The van der Waals surface area contributed by atoms with E-state index in [1.165, 1.54) is 0 Å². The number of likely N-dealkylation sites (N-methyl/N-ethyl adjacent to an activating group) is 2. The van der Waals surface area contributed by atoms with Crippen LogP contribution in [-0.2, 0) is 4.79 Å². The fourth-order valence-corrected chi connectivity index (χ4v) is 1.60. The maximum Gasteiger partial charge on any atom is 0.239 e. The Balaban J connectivity index is 2.63. The van der Waals surface area contributed by atoms with Crippen molar-refractivity contribution in [2.45, 2.75) is 0 Å². The van der Waals surface area contributed by atoms with Crippen LogP contribution in [0, 0.1) is 0 Å². The first-order valence-electron chi connectivity index (χ1n) is 3.55. The fourth-order valence-electron chi connectivity index (χ4n) is 0.770. The number of hydrogen-bond donors (Lipinski definition) is 1. The molecule has 0 radical (unpaired) electrons. The molecule has 1 aromatic heterocycles. The van der Waals surface area contributed by atoms with Crippen LogP contribution in [0.4, 0.5) is 5.82 Å². The Kier molecular flexibility index (Phi) is 3.44. The van der Waals surface area contributed by atoms with Gasteiger partial charge in [-0.15, -0.1) is 0 Å². The van der Waals surface area contributed by atoms with Crippen molar-refractivity contribution in [3.8, 4) is 0 Å². The van der Waals surface area contributed by atoms with Gasteiger partial charge in [-0.1, -0.05) is 11.6 Å². The summed E-state index contributed by atoms with van der Waals surface area (Å²) in [6.07, 6.45) is 0. The summed E-state index contributed by atoms with van der Waals surface area (Å²) in [5, 5.41) is 2.84. The lowest BCUT2D eigenvalue weighted by Gasteiger charge is -2.14. The summed E-state index contributed by atoms with van der Waals surface area (Å²) < 4.78 is 7.74. The maximum absolute atomic E-state index is 11.0. The van der Waals surface area contributed by atoms with Gasteiger partial charge in [0.2, 0.25) is 5.91 Å². The van der Waals surface area contributed by atoms with E-state index in [-0.39, 0.29) is 12.5 Å². The van der Waals surface area contributed by atoms with E-state index >= 15 is 0 Å². The van der Waals surface area contributed by atoms with Crippen LogP contribution in [0.1, 0.15) is 0 Å². The SMILES string of the molecule is CNC(=O)CN(C)c1nsnc1Cl. The molecule has 0 saturated heterocycles. The molecule has 0 aliphatic heterocycles. The molecular weight excluding hydrogens is 212 g/mol. The molecule has 1 heterocycles. The van der Waals surface area contributed by atoms with Crippen LogP contribution in [0.25, 0.3) is 0 Å². The number of nitrogens with one attached hydrogen (secondary N) is 1. The molecule has 0 unspecified atom stereocenters. The number of aromatic nitrogens is 2. The number of carbonyl (C=O) groups is 1. The van der Waals surface area contributed by atoms with Gasteiger partial charge in [0.15, 0.2) is 11.0 Å². The zero-order valence-corrected chi connectivity index (χ0v) is 8.82. The molecule has 0 aromatic carbocycles. The quantitative estimate of drug-likeness (QED) is 0.800. The number of anilines is 1. The highest BCUT2D eigenvalue weighted by Crippen LogP contribution is 2.20. The minimum Gasteiger partial charge on any atom is -0.358 e. The molecule has 0 saturated carbocycles. The Morgan fingerprint density at radius 2 is 2.38 bits per heavy atom. The Morgan fingerprint density at radius 1 is 1.69 bits per heavy atom. The van der Waals surface area contributed by atoms with Crippen LogP contribution in [0.3, 0.4) is 0 Å². The molecule has 72 valence electrons. The van der Waals surface area contributed by atoms with Crippen molar-refractivity contribution in [1.82, 2.24) is 14.1 Å². The largest absolute Gasteiger partial charge is 0.358 e. The zero-order chi connectivity index (χ0) is 9.84. The monoisotopic (exact) mass is 220 g/mol. The van der Waals surface area contributed by atoms with Crippen molar-refractivity contribution >= 4 is 35.1 Å². The van der Waals surface area contributed by atoms with E-state index in [9.17, 15) is 4.79 Å². The Hall–Kier alpha value is -0.880. The van der Waals surface area contributed by atoms with Crippen LogP contribution >= 0.6 is 23.3 Å². The molecule has 0 atom stereocenters. The van der Waals surface area contributed by atoms with E-state index < -0.39 is 0 Å². The Morgan fingerprint density at radius 3 is 2.85 bits per heavy atom. The van der Waals surface area contributed by atoms with Crippen molar-refractivity contribution in [1.29, 1.82) is 0 Å². The third-order valence-corrected chi connectivity index (χ3v) is 2.33. The van der Waals surface area contributed by atoms with E-state index in [4.69, 9.17) is 11.6 Å². The van der Waals surface area contributed by atoms with Gasteiger partial charge in [-0.2, -0.15) is 8.75 Å². The van der Waals surface area contributed by atoms with Gasteiger partial charge in [0, 0.05) is 14.1 Å². The second kappa shape index (κ2) is 4.38. The third-order valence-electron chi connectivity index (χ3n) is 1.45. The smallest absolute Gasteiger partial charge is 0.239 e. The molecule has 1 aromatic rings. The molecule has 5 nitrogen and oxygen atoms in total. The summed E-state index contributed by atoms with van der Waals surface area (Å²) >= 11 is 6.75. The van der Waals surface area contributed by atoms with Crippen LogP contribution in [0.5, 0.6) is 0 Å². The molecule has 13 heavy (non-hydrogen) atoms. The van der Waals surface area contributed by atoms with E-state index in [2.05, 4.69) is 14.1 Å². The van der Waals surface area contributed by atoms with Gasteiger partial charge >= 0.3 is 0 Å². The molecule has 0 bridgehead atoms. The minimum absolute atomic E-state index is 0.0911. The Labute approximate surface area is 85.0 Å².